The van der Waals surface area contributed by atoms with E-state index in [1.165, 1.54) is 24.9 Å². The van der Waals surface area contributed by atoms with Gasteiger partial charge in [-0.05, 0) is 32.3 Å². The molecule has 1 saturated heterocycles. The van der Waals surface area contributed by atoms with E-state index in [0.29, 0.717) is 12.6 Å². The maximum absolute atomic E-state index is 5.94. The second-order valence-corrected chi connectivity index (χ2v) is 4.59. The SMILES string of the molecule is CCOc1cc(N)cc(N2CCCC2CC)c1. The van der Waals surface area contributed by atoms with E-state index in [4.69, 9.17) is 10.5 Å². The highest BCUT2D eigenvalue weighted by Crippen LogP contribution is 2.31. The van der Waals surface area contributed by atoms with Crippen molar-refractivity contribution in [2.45, 2.75) is 39.2 Å². The summed E-state index contributed by atoms with van der Waals surface area (Å²) < 4.78 is 5.55. The van der Waals surface area contributed by atoms with Crippen molar-refractivity contribution < 1.29 is 4.74 Å². The third kappa shape index (κ3) is 2.65. The van der Waals surface area contributed by atoms with Crippen LogP contribution in [-0.4, -0.2) is 19.2 Å². The van der Waals surface area contributed by atoms with Gasteiger partial charge in [0.2, 0.25) is 0 Å². The van der Waals surface area contributed by atoms with Crippen molar-refractivity contribution in [3.8, 4) is 5.75 Å². The molecule has 0 amide bonds. The van der Waals surface area contributed by atoms with Gasteiger partial charge in [-0.15, -0.1) is 0 Å². The maximum atomic E-state index is 5.94. The molecule has 1 heterocycles. The van der Waals surface area contributed by atoms with Crippen LogP contribution in [0, 0.1) is 0 Å². The summed E-state index contributed by atoms with van der Waals surface area (Å²) in [5.74, 6) is 0.879. The Morgan fingerprint density at radius 1 is 1.35 bits per heavy atom. The molecule has 1 aromatic rings. The number of nitrogens with zero attached hydrogens (tertiary/aromatic N) is 1. The van der Waals surface area contributed by atoms with Crippen molar-refractivity contribution in [2.24, 2.45) is 0 Å². The number of benzene rings is 1. The first-order valence-electron chi connectivity index (χ1n) is 6.54. The van der Waals surface area contributed by atoms with Crippen LogP contribution in [-0.2, 0) is 0 Å². The topological polar surface area (TPSA) is 38.5 Å². The molecule has 17 heavy (non-hydrogen) atoms. The normalized spacial score (nSPS) is 19.6. The minimum atomic E-state index is 0.659. The zero-order valence-electron chi connectivity index (χ0n) is 10.8. The zero-order chi connectivity index (χ0) is 12.3. The van der Waals surface area contributed by atoms with Crippen molar-refractivity contribution in [3.63, 3.8) is 0 Å². The summed E-state index contributed by atoms with van der Waals surface area (Å²) >= 11 is 0. The van der Waals surface area contributed by atoms with Crippen LogP contribution in [0.15, 0.2) is 18.2 Å². The Morgan fingerprint density at radius 2 is 2.18 bits per heavy atom. The Morgan fingerprint density at radius 3 is 2.88 bits per heavy atom. The fraction of sp³-hybridized carbons (Fsp3) is 0.571. The molecule has 0 spiro atoms. The first-order chi connectivity index (χ1) is 8.24. The van der Waals surface area contributed by atoms with Crippen LogP contribution in [0.4, 0.5) is 11.4 Å². The van der Waals surface area contributed by atoms with E-state index in [2.05, 4.69) is 24.0 Å². The fourth-order valence-electron chi connectivity index (χ4n) is 2.62. The van der Waals surface area contributed by atoms with E-state index in [-0.39, 0.29) is 0 Å². The summed E-state index contributed by atoms with van der Waals surface area (Å²) in [6.07, 6.45) is 3.76. The van der Waals surface area contributed by atoms with Gasteiger partial charge in [0, 0.05) is 36.1 Å². The number of nitrogens with two attached hydrogens (primary N) is 1. The van der Waals surface area contributed by atoms with Crippen molar-refractivity contribution in [1.29, 1.82) is 0 Å². The fourth-order valence-corrected chi connectivity index (χ4v) is 2.62. The first-order valence-corrected chi connectivity index (χ1v) is 6.54. The summed E-state index contributed by atoms with van der Waals surface area (Å²) in [7, 11) is 0. The van der Waals surface area contributed by atoms with Crippen LogP contribution < -0.4 is 15.4 Å². The first kappa shape index (κ1) is 12.1. The predicted octanol–water partition coefficient (Wildman–Crippen LogP) is 3.05. The molecule has 0 bridgehead atoms. The van der Waals surface area contributed by atoms with E-state index < -0.39 is 0 Å². The van der Waals surface area contributed by atoms with Crippen molar-refractivity contribution in [3.05, 3.63) is 18.2 Å². The van der Waals surface area contributed by atoms with Crippen LogP contribution in [0.1, 0.15) is 33.1 Å². The largest absolute Gasteiger partial charge is 0.494 e. The summed E-state index contributed by atoms with van der Waals surface area (Å²) in [6.45, 7) is 6.06. The van der Waals surface area contributed by atoms with Gasteiger partial charge in [0.05, 0.1) is 6.61 Å². The molecule has 3 nitrogen and oxygen atoms in total. The number of nitrogen functional groups attached to an aromatic ring is 1. The van der Waals surface area contributed by atoms with E-state index in [1.54, 1.807) is 0 Å². The van der Waals surface area contributed by atoms with Gasteiger partial charge in [-0.2, -0.15) is 0 Å². The quantitative estimate of drug-likeness (QED) is 0.814. The molecule has 0 aliphatic carbocycles. The Kier molecular flexibility index (Phi) is 3.77. The lowest BCUT2D eigenvalue weighted by molar-refractivity contribution is 0.340. The highest BCUT2D eigenvalue weighted by molar-refractivity contribution is 5.61. The molecule has 0 radical (unpaired) electrons. The summed E-state index contributed by atoms with van der Waals surface area (Å²) in [6, 6.07) is 6.71. The molecule has 1 aliphatic heterocycles. The van der Waals surface area contributed by atoms with Crippen LogP contribution >= 0.6 is 0 Å². The molecule has 1 aromatic carbocycles. The van der Waals surface area contributed by atoms with E-state index in [0.717, 1.165) is 18.0 Å². The van der Waals surface area contributed by atoms with Crippen molar-refractivity contribution in [1.82, 2.24) is 0 Å². The monoisotopic (exact) mass is 234 g/mol. The molecule has 1 unspecified atom stereocenters. The van der Waals surface area contributed by atoms with Crippen LogP contribution in [0.25, 0.3) is 0 Å². The molecule has 1 atom stereocenters. The molecular weight excluding hydrogens is 212 g/mol. The molecule has 2 N–H and O–H groups in total. The van der Waals surface area contributed by atoms with Crippen molar-refractivity contribution >= 4 is 11.4 Å². The van der Waals surface area contributed by atoms with Gasteiger partial charge in [0.25, 0.3) is 0 Å². The molecule has 1 fully saturated rings. The highest BCUT2D eigenvalue weighted by atomic mass is 16.5. The van der Waals surface area contributed by atoms with E-state index >= 15 is 0 Å². The van der Waals surface area contributed by atoms with Crippen molar-refractivity contribution in [2.75, 3.05) is 23.8 Å². The lowest BCUT2D eigenvalue weighted by Gasteiger charge is -2.26. The molecular formula is C14H22N2O. The molecule has 0 aromatic heterocycles. The second-order valence-electron chi connectivity index (χ2n) is 4.59. The van der Waals surface area contributed by atoms with Crippen LogP contribution in [0.5, 0.6) is 5.75 Å². The molecule has 94 valence electrons. The minimum Gasteiger partial charge on any atom is -0.494 e. The third-order valence-electron chi connectivity index (χ3n) is 3.40. The third-order valence-corrected chi connectivity index (χ3v) is 3.40. The molecule has 1 aliphatic rings. The summed E-state index contributed by atoms with van der Waals surface area (Å²) in [4.78, 5) is 2.46. The molecule has 0 saturated carbocycles. The van der Waals surface area contributed by atoms with Gasteiger partial charge in [0.1, 0.15) is 5.75 Å². The Hall–Kier alpha value is -1.38. The lowest BCUT2D eigenvalue weighted by Crippen LogP contribution is -2.28. The standard InChI is InChI=1S/C14H22N2O/c1-3-12-6-5-7-16(12)13-8-11(15)9-14(10-13)17-4-2/h8-10,12H,3-7,15H2,1-2H3. The number of rotatable bonds is 4. The van der Waals surface area contributed by atoms with E-state index in [9.17, 15) is 0 Å². The zero-order valence-corrected chi connectivity index (χ0v) is 10.8. The summed E-state index contributed by atoms with van der Waals surface area (Å²) in [5, 5.41) is 0. The Balaban J connectivity index is 2.24. The predicted molar refractivity (Wildman–Crippen MR) is 72.7 cm³/mol. The lowest BCUT2D eigenvalue weighted by atomic mass is 10.1. The summed E-state index contributed by atoms with van der Waals surface area (Å²) in [5.41, 5.74) is 7.93. The highest BCUT2D eigenvalue weighted by Gasteiger charge is 2.23. The van der Waals surface area contributed by atoms with Gasteiger partial charge in [0.15, 0.2) is 0 Å². The maximum Gasteiger partial charge on any atom is 0.123 e. The number of hydrogen-bond donors (Lipinski definition) is 1. The van der Waals surface area contributed by atoms with E-state index in [1.807, 2.05) is 13.0 Å². The van der Waals surface area contributed by atoms with Gasteiger partial charge in [-0.1, -0.05) is 6.92 Å². The second kappa shape index (κ2) is 5.30. The van der Waals surface area contributed by atoms with Crippen LogP contribution in [0.2, 0.25) is 0 Å². The number of anilines is 2. The molecule has 3 heteroatoms. The van der Waals surface area contributed by atoms with Gasteiger partial charge >= 0.3 is 0 Å². The number of ether oxygens (including phenoxy) is 1. The van der Waals surface area contributed by atoms with Gasteiger partial charge < -0.3 is 15.4 Å². The number of hydrogen-bond acceptors (Lipinski definition) is 3. The Bertz CT molecular complexity index is 378. The Labute approximate surface area is 104 Å². The van der Waals surface area contributed by atoms with Gasteiger partial charge in [-0.25, -0.2) is 0 Å². The molecule has 2 rings (SSSR count). The van der Waals surface area contributed by atoms with Gasteiger partial charge in [-0.3, -0.25) is 0 Å². The smallest absolute Gasteiger partial charge is 0.123 e. The minimum absolute atomic E-state index is 0.659. The average Bonchev–Trinajstić information content (AvgIpc) is 2.76. The van der Waals surface area contributed by atoms with Crippen LogP contribution in [0.3, 0.4) is 0 Å². The average molecular weight is 234 g/mol.